The maximum Gasteiger partial charge on any atom is 0.259 e. The summed E-state index contributed by atoms with van der Waals surface area (Å²) in [6.45, 7) is 1.79. The maximum absolute atomic E-state index is 11.6. The van der Waals surface area contributed by atoms with Crippen LogP contribution in [0, 0.1) is 0 Å². The molecule has 2 saturated heterocycles. The second-order valence-corrected chi connectivity index (χ2v) is 4.74. The number of fused-ring (bicyclic) bond motifs is 2. The zero-order chi connectivity index (χ0) is 9.09. The minimum absolute atomic E-state index is 0.0274. The Bertz CT molecular complexity index is 281. The average molecular weight is 186 g/mol. The van der Waals surface area contributed by atoms with Crippen molar-refractivity contribution in [1.82, 2.24) is 9.80 Å². The van der Waals surface area contributed by atoms with Crippen molar-refractivity contribution in [3.05, 3.63) is 0 Å². The molecular weight excluding hydrogens is 176 g/mol. The van der Waals surface area contributed by atoms with Gasteiger partial charge in [0.1, 0.15) is 0 Å². The Morgan fingerprint density at radius 3 is 2.42 bits per heavy atom. The van der Waals surface area contributed by atoms with Crippen LogP contribution < -0.4 is 0 Å². The van der Waals surface area contributed by atoms with Crippen LogP contribution in [-0.4, -0.2) is 46.0 Å². The first-order valence-corrected chi connectivity index (χ1v) is 4.59. The molecule has 66 valence electrons. The highest BCUT2D eigenvalue weighted by molar-refractivity contribution is 8.03. The van der Waals surface area contributed by atoms with Crippen LogP contribution in [0.25, 0.3) is 0 Å². The molecule has 2 atom stereocenters. The van der Waals surface area contributed by atoms with Crippen molar-refractivity contribution in [1.29, 1.82) is 0 Å². The lowest BCUT2D eigenvalue weighted by Gasteiger charge is -2.32. The first-order chi connectivity index (χ1) is 5.48. The van der Waals surface area contributed by atoms with E-state index in [0.29, 0.717) is 0 Å². The van der Waals surface area contributed by atoms with Gasteiger partial charge in [-0.3, -0.25) is 9.59 Å². The van der Waals surface area contributed by atoms with E-state index in [1.165, 1.54) is 21.6 Å². The lowest BCUT2D eigenvalue weighted by Crippen LogP contribution is -2.56. The zero-order valence-electron chi connectivity index (χ0n) is 7.20. The van der Waals surface area contributed by atoms with Crippen LogP contribution >= 0.6 is 11.8 Å². The maximum atomic E-state index is 11.6. The Morgan fingerprint density at radius 1 is 1.42 bits per heavy atom. The third-order valence-corrected chi connectivity index (χ3v) is 4.24. The fraction of sp³-hybridized carbons (Fsp3) is 0.714. The molecule has 0 spiro atoms. The summed E-state index contributed by atoms with van der Waals surface area (Å²) < 4.78 is 0. The molecular formula is C7H10N2O2S. The largest absolute Gasteiger partial charge is 0.322 e. The molecule has 2 rings (SSSR count). The molecule has 2 heterocycles. The number of amides is 2. The number of likely N-dealkylation sites (N-methyl/N-ethyl adjacent to an activating group) is 2. The number of thioether (sulfide) groups is 1. The van der Waals surface area contributed by atoms with Gasteiger partial charge in [-0.2, -0.15) is 0 Å². The highest BCUT2D eigenvalue weighted by atomic mass is 32.2. The zero-order valence-corrected chi connectivity index (χ0v) is 8.01. The molecule has 0 aromatic heterocycles. The first kappa shape index (κ1) is 7.91. The van der Waals surface area contributed by atoms with Gasteiger partial charge in [0.15, 0.2) is 10.2 Å². The third kappa shape index (κ3) is 0.612. The predicted molar refractivity (Wildman–Crippen MR) is 45.3 cm³/mol. The van der Waals surface area contributed by atoms with Gasteiger partial charge in [-0.05, 0) is 6.92 Å². The van der Waals surface area contributed by atoms with Crippen molar-refractivity contribution >= 4 is 23.6 Å². The van der Waals surface area contributed by atoms with Crippen molar-refractivity contribution in [2.45, 2.75) is 17.2 Å². The van der Waals surface area contributed by atoms with Crippen molar-refractivity contribution in [2.24, 2.45) is 0 Å². The Hall–Kier alpha value is -0.710. The predicted octanol–water partition coefficient (Wildman–Crippen LogP) is -0.294. The molecule has 0 saturated carbocycles. The summed E-state index contributed by atoms with van der Waals surface area (Å²) in [5, 5.41) is -0.285. The number of carbonyl (C=O) groups excluding carboxylic acids is 2. The van der Waals surface area contributed by atoms with Gasteiger partial charge >= 0.3 is 0 Å². The van der Waals surface area contributed by atoms with E-state index in [-0.39, 0.29) is 17.2 Å². The summed E-state index contributed by atoms with van der Waals surface area (Å²) in [6, 6.07) is 0. The van der Waals surface area contributed by atoms with Gasteiger partial charge in [-0.25, -0.2) is 0 Å². The SMILES string of the molecule is CN1C(=O)C2(C)SC1C(=O)N2C. The molecule has 2 fully saturated rings. The van der Waals surface area contributed by atoms with E-state index < -0.39 is 4.87 Å². The van der Waals surface area contributed by atoms with Gasteiger partial charge < -0.3 is 9.80 Å². The Morgan fingerprint density at radius 2 is 2.00 bits per heavy atom. The number of carbonyl (C=O) groups is 2. The molecule has 0 N–H and O–H groups in total. The molecule has 2 amide bonds. The quantitative estimate of drug-likeness (QED) is 0.522. The Kier molecular flexibility index (Phi) is 1.29. The number of piperazine rings is 1. The van der Waals surface area contributed by atoms with Gasteiger partial charge in [-0.1, -0.05) is 11.8 Å². The van der Waals surface area contributed by atoms with Crippen LogP contribution in [0.15, 0.2) is 0 Å². The minimum Gasteiger partial charge on any atom is -0.322 e. The highest BCUT2D eigenvalue weighted by Crippen LogP contribution is 2.48. The molecule has 0 aliphatic carbocycles. The number of nitrogens with zero attached hydrogens (tertiary/aromatic N) is 2. The van der Waals surface area contributed by atoms with Crippen LogP contribution in [0.4, 0.5) is 0 Å². The van der Waals surface area contributed by atoms with Crippen LogP contribution in [-0.2, 0) is 9.59 Å². The molecule has 4 nitrogen and oxygen atoms in total. The molecule has 2 bridgehead atoms. The molecule has 0 radical (unpaired) electrons. The third-order valence-electron chi connectivity index (χ3n) is 2.59. The van der Waals surface area contributed by atoms with Crippen molar-refractivity contribution < 1.29 is 9.59 Å². The van der Waals surface area contributed by atoms with Crippen LogP contribution in [0.1, 0.15) is 6.92 Å². The van der Waals surface area contributed by atoms with E-state index in [9.17, 15) is 9.59 Å². The Labute approximate surface area is 74.9 Å². The fourth-order valence-corrected chi connectivity index (χ4v) is 3.04. The molecule has 0 aromatic rings. The Balaban J connectivity index is 2.46. The van der Waals surface area contributed by atoms with E-state index in [2.05, 4.69) is 0 Å². The highest BCUT2D eigenvalue weighted by Gasteiger charge is 2.61. The fourth-order valence-electron chi connectivity index (χ4n) is 1.60. The number of rotatable bonds is 0. The normalized spacial score (nSPS) is 40.1. The molecule has 2 aliphatic heterocycles. The van der Waals surface area contributed by atoms with Crippen LogP contribution in [0.5, 0.6) is 0 Å². The minimum atomic E-state index is -0.642. The van der Waals surface area contributed by atoms with E-state index in [1.54, 1.807) is 21.0 Å². The van der Waals surface area contributed by atoms with E-state index in [1.807, 2.05) is 0 Å². The number of hydrogen-bond donors (Lipinski definition) is 0. The van der Waals surface area contributed by atoms with Gasteiger partial charge in [-0.15, -0.1) is 0 Å². The molecule has 2 unspecified atom stereocenters. The van der Waals surface area contributed by atoms with Crippen molar-refractivity contribution in [3.8, 4) is 0 Å². The monoisotopic (exact) mass is 186 g/mol. The molecule has 2 aliphatic rings. The summed E-state index contributed by atoms with van der Waals surface area (Å²) in [4.78, 5) is 25.4. The molecule has 0 aromatic carbocycles. The van der Waals surface area contributed by atoms with Gasteiger partial charge in [0.05, 0.1) is 0 Å². The van der Waals surface area contributed by atoms with Crippen molar-refractivity contribution in [3.63, 3.8) is 0 Å². The summed E-state index contributed by atoms with van der Waals surface area (Å²) in [6.07, 6.45) is 0. The summed E-state index contributed by atoms with van der Waals surface area (Å²) in [5.74, 6) is 0.0594. The topological polar surface area (TPSA) is 40.6 Å². The van der Waals surface area contributed by atoms with Gasteiger partial charge in [0, 0.05) is 14.1 Å². The lowest BCUT2D eigenvalue weighted by molar-refractivity contribution is -0.152. The summed E-state index contributed by atoms with van der Waals surface area (Å²) in [7, 11) is 3.36. The van der Waals surface area contributed by atoms with Crippen LogP contribution in [0.3, 0.4) is 0 Å². The summed E-state index contributed by atoms with van der Waals surface area (Å²) >= 11 is 1.42. The van der Waals surface area contributed by atoms with E-state index in [0.717, 1.165) is 0 Å². The summed E-state index contributed by atoms with van der Waals surface area (Å²) in [5.41, 5.74) is 0. The molecule has 5 heteroatoms. The second-order valence-electron chi connectivity index (χ2n) is 3.27. The lowest BCUT2D eigenvalue weighted by atomic mass is 10.2. The van der Waals surface area contributed by atoms with Gasteiger partial charge in [0.25, 0.3) is 11.8 Å². The molecule has 12 heavy (non-hydrogen) atoms. The van der Waals surface area contributed by atoms with Gasteiger partial charge in [0.2, 0.25) is 0 Å². The van der Waals surface area contributed by atoms with E-state index in [4.69, 9.17) is 0 Å². The number of hydrogen-bond acceptors (Lipinski definition) is 3. The first-order valence-electron chi connectivity index (χ1n) is 3.71. The van der Waals surface area contributed by atoms with Crippen molar-refractivity contribution in [2.75, 3.05) is 14.1 Å². The van der Waals surface area contributed by atoms with Crippen LogP contribution in [0.2, 0.25) is 0 Å². The standard InChI is InChI=1S/C7H10N2O2S/c1-7-6(11)8(2)5(12-7)4(10)9(7)3/h5H,1-3H3. The smallest absolute Gasteiger partial charge is 0.259 e. The average Bonchev–Trinajstić information content (AvgIpc) is 2.39. The van der Waals surface area contributed by atoms with E-state index >= 15 is 0 Å². The second kappa shape index (κ2) is 1.96.